The molecule has 0 atom stereocenters. The zero-order chi connectivity index (χ0) is 7.02. The molecule has 0 aliphatic rings. The molecule has 0 unspecified atom stereocenters. The van der Waals surface area contributed by atoms with Crippen molar-refractivity contribution in [1.82, 2.24) is 3.97 Å². The van der Waals surface area contributed by atoms with Crippen molar-refractivity contribution < 1.29 is 0 Å². The van der Waals surface area contributed by atoms with Crippen molar-refractivity contribution in [2.24, 2.45) is 0 Å². The van der Waals surface area contributed by atoms with Crippen LogP contribution in [0.2, 0.25) is 0 Å². The number of rotatable bonds is 0. The lowest BCUT2D eigenvalue weighted by molar-refractivity contribution is 1.13. The molecule has 1 aromatic rings. The molecule has 50 valence electrons. The number of aryl methyl sites for hydroxylation is 1. The Hall–Kier alpha value is -0.220. The van der Waals surface area contributed by atoms with Crippen molar-refractivity contribution in [3.8, 4) is 0 Å². The van der Waals surface area contributed by atoms with E-state index in [9.17, 15) is 4.79 Å². The summed E-state index contributed by atoms with van der Waals surface area (Å²) in [5.41, 5.74) is 0.938. The third kappa shape index (κ3) is 1.04. The number of hydrogen-bond donors (Lipinski definition) is 1. The number of thiazole rings is 1. The molecule has 0 fully saturated rings. The SMILES string of the molecule is Cc1sc(=O)n(S)c1C. The third-order valence-electron chi connectivity index (χ3n) is 1.24. The van der Waals surface area contributed by atoms with Crippen LogP contribution in [0.5, 0.6) is 0 Å². The van der Waals surface area contributed by atoms with E-state index in [1.807, 2.05) is 13.8 Å². The third-order valence-corrected chi connectivity index (χ3v) is 2.82. The maximum Gasteiger partial charge on any atom is 0.317 e. The van der Waals surface area contributed by atoms with Gasteiger partial charge in [-0.05, 0) is 13.8 Å². The summed E-state index contributed by atoms with van der Waals surface area (Å²) in [7, 11) is 0. The van der Waals surface area contributed by atoms with Crippen molar-refractivity contribution in [3.05, 3.63) is 20.2 Å². The van der Waals surface area contributed by atoms with Crippen LogP contribution in [0.3, 0.4) is 0 Å². The maximum atomic E-state index is 10.8. The number of nitrogens with zero attached hydrogens (tertiary/aromatic N) is 1. The molecule has 0 saturated heterocycles. The summed E-state index contributed by atoms with van der Waals surface area (Å²) in [6, 6.07) is 0. The first kappa shape index (κ1) is 6.89. The lowest BCUT2D eigenvalue weighted by Gasteiger charge is -1.89. The molecule has 0 spiro atoms. The van der Waals surface area contributed by atoms with E-state index >= 15 is 0 Å². The highest BCUT2D eigenvalue weighted by Gasteiger charge is 2.01. The van der Waals surface area contributed by atoms with Crippen LogP contribution in [0, 0.1) is 13.8 Å². The second-order valence-electron chi connectivity index (χ2n) is 1.82. The Morgan fingerprint density at radius 3 is 2.22 bits per heavy atom. The second kappa shape index (κ2) is 2.19. The van der Waals surface area contributed by atoms with Gasteiger partial charge >= 0.3 is 4.87 Å². The molecule has 0 N–H and O–H groups in total. The van der Waals surface area contributed by atoms with Crippen molar-refractivity contribution >= 4 is 24.2 Å². The highest BCUT2D eigenvalue weighted by Crippen LogP contribution is 2.08. The highest BCUT2D eigenvalue weighted by molar-refractivity contribution is 7.78. The van der Waals surface area contributed by atoms with Gasteiger partial charge in [0, 0.05) is 10.6 Å². The van der Waals surface area contributed by atoms with Gasteiger partial charge in [0.1, 0.15) is 0 Å². The molecule has 4 heteroatoms. The summed E-state index contributed by atoms with van der Waals surface area (Å²) in [6.07, 6.45) is 0. The Morgan fingerprint density at radius 1 is 1.56 bits per heavy atom. The van der Waals surface area contributed by atoms with Crippen molar-refractivity contribution in [1.29, 1.82) is 0 Å². The summed E-state index contributed by atoms with van der Waals surface area (Å²) in [4.78, 5) is 11.8. The molecule has 1 aromatic heterocycles. The molecule has 9 heavy (non-hydrogen) atoms. The normalized spacial score (nSPS) is 10.1. The van der Waals surface area contributed by atoms with Gasteiger partial charge in [0.05, 0.1) is 0 Å². The fraction of sp³-hybridized carbons (Fsp3) is 0.400. The molecule has 0 aliphatic carbocycles. The van der Waals surface area contributed by atoms with Crippen LogP contribution < -0.4 is 4.87 Å². The van der Waals surface area contributed by atoms with E-state index < -0.39 is 0 Å². The van der Waals surface area contributed by atoms with Gasteiger partial charge in [0.2, 0.25) is 0 Å². The molecule has 2 nitrogen and oxygen atoms in total. The predicted molar refractivity (Wildman–Crippen MR) is 42.4 cm³/mol. The number of aromatic nitrogens is 1. The summed E-state index contributed by atoms with van der Waals surface area (Å²) in [6.45, 7) is 3.79. The van der Waals surface area contributed by atoms with E-state index in [-0.39, 0.29) is 4.87 Å². The highest BCUT2D eigenvalue weighted by atomic mass is 32.1. The van der Waals surface area contributed by atoms with Crippen molar-refractivity contribution in [3.63, 3.8) is 0 Å². The maximum absolute atomic E-state index is 10.8. The average molecular weight is 161 g/mol. The van der Waals surface area contributed by atoms with Crippen LogP contribution in [0.25, 0.3) is 0 Å². The number of thiol groups is 1. The van der Waals surface area contributed by atoms with Gasteiger partial charge in [-0.3, -0.25) is 4.79 Å². The minimum atomic E-state index is -0.00617. The van der Waals surface area contributed by atoms with Crippen LogP contribution in [0.15, 0.2) is 4.79 Å². The fourth-order valence-electron chi connectivity index (χ4n) is 0.534. The van der Waals surface area contributed by atoms with Gasteiger partial charge in [0.15, 0.2) is 0 Å². The summed E-state index contributed by atoms with van der Waals surface area (Å²) >= 11 is 5.17. The largest absolute Gasteiger partial charge is 0.317 e. The predicted octanol–water partition coefficient (Wildman–Crippen LogP) is 1.22. The van der Waals surface area contributed by atoms with Crippen molar-refractivity contribution in [2.75, 3.05) is 0 Å². The minimum absolute atomic E-state index is 0.00617. The van der Waals surface area contributed by atoms with E-state index in [0.717, 1.165) is 10.6 Å². The van der Waals surface area contributed by atoms with Gasteiger partial charge in [-0.25, -0.2) is 3.97 Å². The van der Waals surface area contributed by atoms with Gasteiger partial charge < -0.3 is 0 Å². The molecule has 0 bridgehead atoms. The van der Waals surface area contributed by atoms with E-state index in [1.54, 1.807) is 0 Å². The Bertz CT molecular complexity index is 273. The molecule has 1 rings (SSSR count). The summed E-state index contributed by atoms with van der Waals surface area (Å²) < 4.78 is 1.36. The molecule has 1 heterocycles. The smallest absolute Gasteiger partial charge is 0.256 e. The van der Waals surface area contributed by atoms with Gasteiger partial charge in [0.25, 0.3) is 0 Å². The van der Waals surface area contributed by atoms with E-state index in [4.69, 9.17) is 0 Å². The molecule has 0 amide bonds. The van der Waals surface area contributed by atoms with Gasteiger partial charge in [-0.15, -0.1) is 0 Å². The van der Waals surface area contributed by atoms with Crippen LogP contribution in [0.4, 0.5) is 0 Å². The molecular weight excluding hydrogens is 154 g/mol. The van der Waals surface area contributed by atoms with Gasteiger partial charge in [-0.2, -0.15) is 0 Å². The van der Waals surface area contributed by atoms with Crippen LogP contribution in [-0.2, 0) is 0 Å². The number of hydrogen-bond acceptors (Lipinski definition) is 3. The van der Waals surface area contributed by atoms with Crippen LogP contribution in [0.1, 0.15) is 10.6 Å². The summed E-state index contributed by atoms with van der Waals surface area (Å²) in [5.74, 6) is 0. The van der Waals surface area contributed by atoms with E-state index in [1.165, 1.54) is 15.3 Å². The molecular formula is C5H7NOS2. The Kier molecular flexibility index (Phi) is 1.68. The van der Waals surface area contributed by atoms with E-state index in [0.29, 0.717) is 0 Å². The molecule has 0 radical (unpaired) electrons. The topological polar surface area (TPSA) is 22.0 Å². The lowest BCUT2D eigenvalue weighted by Crippen LogP contribution is -2.02. The average Bonchev–Trinajstić information content (AvgIpc) is 1.98. The zero-order valence-electron chi connectivity index (χ0n) is 5.21. The monoisotopic (exact) mass is 161 g/mol. The van der Waals surface area contributed by atoms with Crippen LogP contribution >= 0.6 is 24.2 Å². The Morgan fingerprint density at radius 2 is 2.11 bits per heavy atom. The molecule has 0 saturated carbocycles. The van der Waals surface area contributed by atoms with Crippen LogP contribution in [-0.4, -0.2) is 3.97 Å². The first-order valence-corrected chi connectivity index (χ1v) is 3.73. The Balaban J connectivity index is 3.47. The lowest BCUT2D eigenvalue weighted by atomic mass is 10.4. The molecule has 0 aromatic carbocycles. The molecule has 0 aliphatic heterocycles. The van der Waals surface area contributed by atoms with E-state index in [2.05, 4.69) is 12.8 Å². The zero-order valence-corrected chi connectivity index (χ0v) is 6.92. The fourth-order valence-corrected chi connectivity index (χ4v) is 1.60. The summed E-state index contributed by atoms with van der Waals surface area (Å²) in [5, 5.41) is 0. The second-order valence-corrected chi connectivity index (χ2v) is 3.39. The van der Waals surface area contributed by atoms with Gasteiger partial charge in [-0.1, -0.05) is 24.2 Å². The quantitative estimate of drug-likeness (QED) is 0.568. The van der Waals surface area contributed by atoms with Crippen molar-refractivity contribution in [2.45, 2.75) is 13.8 Å². The minimum Gasteiger partial charge on any atom is -0.256 e. The first-order valence-electron chi connectivity index (χ1n) is 2.51. The Labute approximate surface area is 62.7 Å². The standard InChI is InChI=1S/C5H7NOS2/c1-3-4(2)9-5(7)6(3)8/h8H,1-2H3. The first-order chi connectivity index (χ1) is 4.13.